The highest BCUT2D eigenvalue weighted by molar-refractivity contribution is 7.91. The minimum Gasteiger partial charge on any atom is -0.460 e. The molecule has 2 amide bonds. The molecule has 1 aromatic carbocycles. The van der Waals surface area contributed by atoms with Gasteiger partial charge in [-0.15, -0.1) is 11.3 Å². The van der Waals surface area contributed by atoms with Crippen molar-refractivity contribution in [1.82, 2.24) is 24.2 Å². The van der Waals surface area contributed by atoms with Crippen LogP contribution < -0.4 is 9.46 Å². The topological polar surface area (TPSA) is 167 Å². The van der Waals surface area contributed by atoms with E-state index in [1.807, 2.05) is 48.8 Å². The first kappa shape index (κ1) is 45.9. The molecule has 0 bridgehead atoms. The highest BCUT2D eigenvalue weighted by Gasteiger charge is 2.62. The number of rotatable bonds is 9. The molecule has 1 N–H and O–H groups in total. The largest absolute Gasteiger partial charge is 0.460 e. The van der Waals surface area contributed by atoms with Gasteiger partial charge in [0.25, 0.3) is 6.01 Å². The Bertz CT molecular complexity index is 2380. The molecule has 7 rings (SSSR count). The standard InChI is InChI=1S/C47H65N5O8S2/c1-28(2)52-34-20-16-19-33(40-49-39(29(3)61-40)44(4,5)6)38(34)48-43(52)59-32-24-35-36(53)26-47(42(56)50-62(57,58)46(10)21-22-46)25-31(47)18-15-13-11-12-14-17-30(41(55)51(35)27-32)23-37(54)60-45(7,8)9/h15-16,18-20,28,30-32,35H,11-14,17,21-27H2,1-10H3,(H,50,56)/b18-15-/t30-,31-,32-,35+,47-/m1/s1. The van der Waals surface area contributed by atoms with Crippen molar-refractivity contribution < 1.29 is 37.1 Å². The number of thiazole rings is 1. The predicted molar refractivity (Wildman–Crippen MR) is 240 cm³/mol. The van der Waals surface area contributed by atoms with E-state index >= 15 is 0 Å². The number of hydrogen-bond acceptors (Lipinski definition) is 11. The van der Waals surface area contributed by atoms with Crippen molar-refractivity contribution in [3.63, 3.8) is 0 Å². The third kappa shape index (κ3) is 9.39. The fourth-order valence-electron chi connectivity index (χ4n) is 9.21. The molecule has 2 aromatic heterocycles. The number of allylic oxidation sites excluding steroid dienone is 2. The Morgan fingerprint density at radius 3 is 2.42 bits per heavy atom. The second-order valence-electron chi connectivity index (χ2n) is 20.7. The van der Waals surface area contributed by atoms with Gasteiger partial charge in [-0.05, 0) is 105 Å². The van der Waals surface area contributed by atoms with Crippen LogP contribution in [0.15, 0.2) is 30.4 Å². The molecule has 0 spiro atoms. The van der Waals surface area contributed by atoms with E-state index in [9.17, 15) is 27.6 Å². The third-order valence-electron chi connectivity index (χ3n) is 13.0. The van der Waals surface area contributed by atoms with Crippen LogP contribution in [0.3, 0.4) is 0 Å². The number of imidazole rings is 1. The summed E-state index contributed by atoms with van der Waals surface area (Å²) in [6, 6.07) is 5.33. The Balaban J connectivity index is 1.23. The lowest BCUT2D eigenvalue weighted by Crippen LogP contribution is -2.47. The molecule has 3 aromatic rings. The van der Waals surface area contributed by atoms with Gasteiger partial charge in [-0.1, -0.05) is 51.8 Å². The second-order valence-corrected chi connectivity index (χ2v) is 24.1. The number of carbonyl (C=O) groups excluding carboxylic acids is 4. The summed E-state index contributed by atoms with van der Waals surface area (Å²) in [5.74, 6) is -2.90. The molecule has 1 saturated heterocycles. The lowest BCUT2D eigenvalue weighted by atomic mass is 9.90. The molecule has 0 unspecified atom stereocenters. The predicted octanol–water partition coefficient (Wildman–Crippen LogP) is 8.53. The first-order chi connectivity index (χ1) is 28.9. The number of ketones is 1. The van der Waals surface area contributed by atoms with E-state index in [0.717, 1.165) is 51.4 Å². The van der Waals surface area contributed by atoms with Crippen molar-refractivity contribution in [1.29, 1.82) is 0 Å². The summed E-state index contributed by atoms with van der Waals surface area (Å²) in [4.78, 5) is 69.9. The zero-order valence-corrected chi connectivity index (χ0v) is 39.8. The Labute approximate surface area is 370 Å². The van der Waals surface area contributed by atoms with Crippen LogP contribution >= 0.6 is 11.3 Å². The van der Waals surface area contributed by atoms with Crippen LogP contribution in [0.5, 0.6) is 6.01 Å². The summed E-state index contributed by atoms with van der Waals surface area (Å²) >= 11 is 1.63. The van der Waals surface area contributed by atoms with Gasteiger partial charge in [0, 0.05) is 40.7 Å². The number of aryl methyl sites for hydroxylation is 1. The van der Waals surface area contributed by atoms with Gasteiger partial charge in [-0.25, -0.2) is 13.4 Å². The Kier molecular flexibility index (Phi) is 12.4. The zero-order chi connectivity index (χ0) is 45.2. The lowest BCUT2D eigenvalue weighted by molar-refractivity contribution is -0.159. The van der Waals surface area contributed by atoms with Crippen LogP contribution in [0, 0.1) is 24.2 Å². The van der Waals surface area contributed by atoms with Gasteiger partial charge < -0.3 is 14.4 Å². The average molecular weight is 892 g/mol. The number of para-hydroxylation sites is 1. The Morgan fingerprint density at radius 1 is 1.05 bits per heavy atom. The van der Waals surface area contributed by atoms with Crippen molar-refractivity contribution in [2.24, 2.45) is 17.3 Å². The zero-order valence-electron chi connectivity index (χ0n) is 38.1. The number of fused-ring (bicyclic) bond motifs is 3. The van der Waals surface area contributed by atoms with Crippen molar-refractivity contribution in [2.45, 2.75) is 174 Å². The maximum Gasteiger partial charge on any atom is 0.307 e. The minimum absolute atomic E-state index is 0.0596. The Hall–Kier alpha value is -4.11. The number of esters is 1. The molecule has 5 atom stereocenters. The second kappa shape index (κ2) is 16.8. The van der Waals surface area contributed by atoms with Gasteiger partial charge in [-0.3, -0.25) is 28.5 Å². The highest BCUT2D eigenvalue weighted by Crippen LogP contribution is 2.58. The number of nitrogens with one attached hydrogen (secondary N) is 1. The number of aromatic nitrogens is 3. The molecular weight excluding hydrogens is 827 g/mol. The summed E-state index contributed by atoms with van der Waals surface area (Å²) in [6.07, 6.45) is 7.84. The van der Waals surface area contributed by atoms with E-state index in [1.54, 1.807) is 43.9 Å². The minimum atomic E-state index is -3.96. The van der Waals surface area contributed by atoms with E-state index in [-0.39, 0.29) is 54.9 Å². The van der Waals surface area contributed by atoms with E-state index in [1.165, 1.54) is 0 Å². The monoisotopic (exact) mass is 891 g/mol. The maximum atomic E-state index is 14.9. The van der Waals surface area contributed by atoms with Crippen molar-refractivity contribution >= 4 is 56.0 Å². The van der Waals surface area contributed by atoms with Crippen molar-refractivity contribution in [3.05, 3.63) is 40.9 Å². The number of amides is 2. The van der Waals surface area contributed by atoms with Gasteiger partial charge in [0.1, 0.15) is 22.2 Å². The molecule has 15 heteroatoms. The highest BCUT2D eigenvalue weighted by atomic mass is 32.2. The van der Waals surface area contributed by atoms with Gasteiger partial charge in [0.15, 0.2) is 5.78 Å². The third-order valence-corrected chi connectivity index (χ3v) is 16.2. The van der Waals surface area contributed by atoms with Crippen molar-refractivity contribution in [2.75, 3.05) is 6.54 Å². The number of Topliss-reactive ketones (excluding diaryl/α,β-unsaturated/α-hetero) is 1. The van der Waals surface area contributed by atoms with E-state index in [0.29, 0.717) is 38.1 Å². The molecular formula is C47H65N5O8S2. The lowest BCUT2D eigenvalue weighted by Gasteiger charge is -2.29. The summed E-state index contributed by atoms with van der Waals surface area (Å²) < 4.78 is 42.5. The van der Waals surface area contributed by atoms with Gasteiger partial charge in [0.2, 0.25) is 21.8 Å². The summed E-state index contributed by atoms with van der Waals surface area (Å²) in [7, 11) is -3.96. The van der Waals surface area contributed by atoms with E-state index < -0.39 is 55.7 Å². The number of benzene rings is 1. The number of carbonyl (C=O) groups is 4. The molecule has 0 radical (unpaired) electrons. The molecule has 62 heavy (non-hydrogen) atoms. The fourth-order valence-corrected chi connectivity index (χ4v) is 11.7. The summed E-state index contributed by atoms with van der Waals surface area (Å²) in [5.41, 5.74) is 1.38. The maximum absolute atomic E-state index is 14.9. The fraction of sp³-hybridized carbons (Fsp3) is 0.660. The van der Waals surface area contributed by atoms with Crippen molar-refractivity contribution in [3.8, 4) is 16.6 Å². The van der Waals surface area contributed by atoms with Gasteiger partial charge in [-0.2, -0.15) is 4.98 Å². The molecule has 338 valence electrons. The molecule has 2 aliphatic carbocycles. The smallest absolute Gasteiger partial charge is 0.307 e. The van der Waals surface area contributed by atoms with Crippen LogP contribution in [-0.2, 0) is 39.4 Å². The van der Waals surface area contributed by atoms with Crippen LogP contribution in [0.1, 0.15) is 150 Å². The summed E-state index contributed by atoms with van der Waals surface area (Å²) in [6.45, 7) is 19.7. The van der Waals surface area contributed by atoms with E-state index in [2.05, 4.69) is 32.4 Å². The number of ether oxygens (including phenoxy) is 2. The molecule has 2 saturated carbocycles. The van der Waals surface area contributed by atoms with Gasteiger partial charge >= 0.3 is 5.97 Å². The average Bonchev–Trinajstić information content (AvgIpc) is 3.88. The normalized spacial score (nSPS) is 26.3. The van der Waals surface area contributed by atoms with Crippen LogP contribution in [0.2, 0.25) is 0 Å². The molecule has 2 aliphatic heterocycles. The molecule has 3 fully saturated rings. The van der Waals surface area contributed by atoms with Crippen LogP contribution in [0.25, 0.3) is 21.6 Å². The quantitative estimate of drug-likeness (QED) is 0.163. The number of nitrogens with zero attached hydrogens (tertiary/aromatic N) is 4. The SMILES string of the molecule is Cc1sc(-c2cccc3c2nc(O[C@@H]2C[C@H]4C(=O)C[C@]5(C(=O)NS(=O)(=O)C6(C)CC6)C[C@H]5/C=C\CCCCC[C@H](CC(=O)OC(C)(C)C)C(=O)N4C2)n3C(C)C)nc1C(C)(C)C. The van der Waals surface area contributed by atoms with Crippen LogP contribution in [0.4, 0.5) is 0 Å². The first-order valence-electron chi connectivity index (χ1n) is 22.4. The number of sulfonamides is 1. The van der Waals surface area contributed by atoms with Crippen LogP contribution in [-0.4, -0.2) is 80.5 Å². The molecule has 4 aliphatic rings. The Morgan fingerprint density at radius 2 is 1.77 bits per heavy atom. The molecule has 13 nitrogen and oxygen atoms in total. The first-order valence-corrected chi connectivity index (χ1v) is 24.7. The number of hydrogen-bond donors (Lipinski definition) is 1. The molecule has 4 heterocycles. The summed E-state index contributed by atoms with van der Waals surface area (Å²) in [5, 5.41) is 0.863. The van der Waals surface area contributed by atoms with Gasteiger partial charge in [0.05, 0.1) is 40.4 Å². The van der Waals surface area contributed by atoms with E-state index in [4.69, 9.17) is 19.4 Å².